The van der Waals surface area contributed by atoms with Gasteiger partial charge in [-0.2, -0.15) is 5.10 Å². The second kappa shape index (κ2) is 11.5. The standard InChI is InChI=1S/C28H28FN5O5/c1-30-27(36)25-21-6-4-16(12-23(21)33-34-25)18-11-22(28(37-2)32-15-18)26(35)31-14-17-3-5-19(29)13-24(17)39-20-7-9-38-10-8-20/h3-6,11-13,15,20H,7-10,14H2,1-2H3,(H,30,36)(H,31,35)(H,33,34). The van der Waals surface area contributed by atoms with E-state index < -0.39 is 11.7 Å². The Hall–Kier alpha value is -4.51. The van der Waals surface area contributed by atoms with Crippen molar-refractivity contribution in [3.05, 3.63) is 71.3 Å². The molecule has 3 N–H and O–H groups in total. The predicted molar refractivity (Wildman–Crippen MR) is 141 cm³/mol. The van der Waals surface area contributed by atoms with Gasteiger partial charge < -0.3 is 24.8 Å². The zero-order valence-electron chi connectivity index (χ0n) is 21.5. The van der Waals surface area contributed by atoms with Crippen molar-refractivity contribution in [2.45, 2.75) is 25.5 Å². The highest BCUT2D eigenvalue weighted by atomic mass is 19.1. The summed E-state index contributed by atoms with van der Waals surface area (Å²) in [5.74, 6) is -0.556. The van der Waals surface area contributed by atoms with E-state index in [0.717, 1.165) is 18.4 Å². The average Bonchev–Trinajstić information content (AvgIpc) is 3.40. The molecule has 11 heteroatoms. The number of nitrogens with one attached hydrogen (secondary N) is 3. The number of H-pyrrole nitrogens is 1. The lowest BCUT2D eigenvalue weighted by molar-refractivity contribution is 0.0250. The van der Waals surface area contributed by atoms with Crippen LogP contribution in [0.15, 0.2) is 48.7 Å². The minimum atomic E-state index is -0.414. The van der Waals surface area contributed by atoms with E-state index in [1.165, 1.54) is 19.2 Å². The third-order valence-electron chi connectivity index (χ3n) is 6.56. The Morgan fingerprint density at radius 1 is 1.10 bits per heavy atom. The Kier molecular flexibility index (Phi) is 7.69. The Morgan fingerprint density at radius 3 is 2.69 bits per heavy atom. The van der Waals surface area contributed by atoms with E-state index in [1.54, 1.807) is 31.4 Å². The summed E-state index contributed by atoms with van der Waals surface area (Å²) >= 11 is 0. The molecule has 39 heavy (non-hydrogen) atoms. The highest BCUT2D eigenvalue weighted by Gasteiger charge is 2.20. The largest absolute Gasteiger partial charge is 0.490 e. The highest BCUT2D eigenvalue weighted by molar-refractivity contribution is 6.05. The maximum absolute atomic E-state index is 14.0. The van der Waals surface area contributed by atoms with Crippen molar-refractivity contribution in [2.75, 3.05) is 27.4 Å². The molecule has 10 nitrogen and oxygen atoms in total. The van der Waals surface area contributed by atoms with Crippen LogP contribution in [-0.2, 0) is 11.3 Å². The first-order valence-electron chi connectivity index (χ1n) is 12.5. The van der Waals surface area contributed by atoms with Gasteiger partial charge in [-0.3, -0.25) is 14.7 Å². The molecular formula is C28H28FN5O5. The number of carbonyl (C=O) groups is 2. The molecule has 3 heterocycles. The van der Waals surface area contributed by atoms with Crippen molar-refractivity contribution in [1.29, 1.82) is 0 Å². The fraction of sp³-hybridized carbons (Fsp3) is 0.286. The molecule has 0 aliphatic carbocycles. The topological polar surface area (TPSA) is 127 Å². The fourth-order valence-electron chi connectivity index (χ4n) is 4.45. The van der Waals surface area contributed by atoms with Gasteiger partial charge in [0.15, 0.2) is 5.69 Å². The molecule has 4 aromatic rings. The second-order valence-electron chi connectivity index (χ2n) is 9.06. The summed E-state index contributed by atoms with van der Waals surface area (Å²) in [6, 6.07) is 11.4. The van der Waals surface area contributed by atoms with Crippen molar-refractivity contribution in [3.63, 3.8) is 0 Å². The number of pyridine rings is 1. The highest BCUT2D eigenvalue weighted by Crippen LogP contribution is 2.29. The normalized spacial score (nSPS) is 13.7. The molecular weight excluding hydrogens is 505 g/mol. The van der Waals surface area contributed by atoms with Crippen molar-refractivity contribution in [2.24, 2.45) is 0 Å². The van der Waals surface area contributed by atoms with Crippen molar-refractivity contribution in [3.8, 4) is 22.8 Å². The minimum absolute atomic E-state index is 0.0735. The van der Waals surface area contributed by atoms with Crippen LogP contribution in [0.1, 0.15) is 39.3 Å². The van der Waals surface area contributed by atoms with Gasteiger partial charge >= 0.3 is 0 Å². The first-order valence-corrected chi connectivity index (χ1v) is 12.5. The molecule has 1 aliphatic rings. The zero-order valence-corrected chi connectivity index (χ0v) is 21.5. The van der Waals surface area contributed by atoms with Gasteiger partial charge in [-0.1, -0.05) is 12.1 Å². The molecule has 2 aromatic carbocycles. The Labute approximate surface area is 223 Å². The van der Waals surface area contributed by atoms with E-state index >= 15 is 0 Å². The molecule has 1 aliphatic heterocycles. The molecule has 1 fully saturated rings. The lowest BCUT2D eigenvalue weighted by Gasteiger charge is -2.24. The number of fused-ring (bicyclic) bond motifs is 1. The van der Waals surface area contributed by atoms with Crippen molar-refractivity contribution in [1.82, 2.24) is 25.8 Å². The number of benzene rings is 2. The molecule has 0 bridgehead atoms. The van der Waals surface area contributed by atoms with Gasteiger partial charge in [-0.25, -0.2) is 9.37 Å². The smallest absolute Gasteiger partial charge is 0.272 e. The maximum Gasteiger partial charge on any atom is 0.272 e. The van der Waals surface area contributed by atoms with E-state index in [9.17, 15) is 14.0 Å². The second-order valence-corrected chi connectivity index (χ2v) is 9.06. The lowest BCUT2D eigenvalue weighted by Crippen LogP contribution is -2.27. The number of nitrogens with zero attached hydrogens (tertiary/aromatic N) is 2. The molecule has 0 spiro atoms. The Bertz CT molecular complexity index is 1520. The number of rotatable bonds is 8. The SMILES string of the molecule is CNC(=O)c1n[nH]c2cc(-c3cnc(OC)c(C(=O)NCc4ccc(F)cc4OC4CCOCC4)c3)ccc12. The number of hydrogen-bond acceptors (Lipinski definition) is 7. The number of methoxy groups -OCH3 is 1. The molecule has 202 valence electrons. The van der Waals surface area contributed by atoms with Crippen LogP contribution in [0.25, 0.3) is 22.0 Å². The van der Waals surface area contributed by atoms with E-state index in [4.69, 9.17) is 14.2 Å². The molecule has 0 radical (unpaired) electrons. The number of halogens is 1. The fourth-order valence-corrected chi connectivity index (χ4v) is 4.45. The number of aromatic nitrogens is 3. The van der Waals surface area contributed by atoms with Crippen LogP contribution >= 0.6 is 0 Å². The molecule has 2 aromatic heterocycles. The van der Waals surface area contributed by atoms with Crippen LogP contribution in [0.4, 0.5) is 4.39 Å². The average molecular weight is 534 g/mol. The van der Waals surface area contributed by atoms with Gasteiger partial charge in [-0.05, 0) is 29.8 Å². The third-order valence-corrected chi connectivity index (χ3v) is 6.56. The van der Waals surface area contributed by atoms with E-state index in [1.807, 2.05) is 12.1 Å². The van der Waals surface area contributed by atoms with E-state index in [2.05, 4.69) is 25.8 Å². The molecule has 5 rings (SSSR count). The van der Waals surface area contributed by atoms with Gasteiger partial charge in [0.25, 0.3) is 11.8 Å². The molecule has 0 unspecified atom stereocenters. The molecule has 0 atom stereocenters. The lowest BCUT2D eigenvalue weighted by atomic mass is 10.0. The van der Waals surface area contributed by atoms with Gasteiger partial charge in [0, 0.05) is 55.2 Å². The number of amides is 2. The van der Waals surface area contributed by atoms with Crippen LogP contribution in [0.5, 0.6) is 11.6 Å². The number of ether oxygens (including phenoxy) is 3. The van der Waals surface area contributed by atoms with Crippen LogP contribution in [0.2, 0.25) is 0 Å². The summed E-state index contributed by atoms with van der Waals surface area (Å²) in [5, 5.41) is 13.1. The molecule has 1 saturated heterocycles. The summed E-state index contributed by atoms with van der Waals surface area (Å²) in [6.07, 6.45) is 2.97. The molecule has 2 amide bonds. The van der Waals surface area contributed by atoms with E-state index in [-0.39, 0.29) is 30.0 Å². The first kappa shape index (κ1) is 26.1. The number of hydrogen-bond donors (Lipinski definition) is 3. The summed E-state index contributed by atoms with van der Waals surface area (Å²) in [7, 11) is 2.98. The van der Waals surface area contributed by atoms with Gasteiger partial charge in [0.05, 0.1) is 25.8 Å². The van der Waals surface area contributed by atoms with Gasteiger partial charge in [-0.15, -0.1) is 0 Å². The van der Waals surface area contributed by atoms with Crippen LogP contribution in [0.3, 0.4) is 0 Å². The van der Waals surface area contributed by atoms with Crippen LogP contribution in [-0.4, -0.2) is 60.5 Å². The third kappa shape index (κ3) is 5.68. The Morgan fingerprint density at radius 2 is 1.92 bits per heavy atom. The monoisotopic (exact) mass is 533 g/mol. The number of carbonyl (C=O) groups excluding carboxylic acids is 2. The van der Waals surface area contributed by atoms with Crippen LogP contribution < -0.4 is 20.1 Å². The van der Waals surface area contributed by atoms with Crippen LogP contribution in [0, 0.1) is 5.82 Å². The summed E-state index contributed by atoms with van der Waals surface area (Å²) < 4.78 is 30.7. The molecule has 0 saturated carbocycles. The van der Waals surface area contributed by atoms with E-state index in [0.29, 0.717) is 46.7 Å². The predicted octanol–water partition coefficient (Wildman–Crippen LogP) is 3.62. The maximum atomic E-state index is 14.0. The van der Waals surface area contributed by atoms with Gasteiger partial charge in [0.2, 0.25) is 5.88 Å². The summed E-state index contributed by atoms with van der Waals surface area (Å²) in [6.45, 7) is 1.31. The first-order chi connectivity index (χ1) is 19.0. The summed E-state index contributed by atoms with van der Waals surface area (Å²) in [5.41, 5.74) is 3.29. The quantitative estimate of drug-likeness (QED) is 0.316. The van der Waals surface area contributed by atoms with Gasteiger partial charge in [0.1, 0.15) is 23.2 Å². The van der Waals surface area contributed by atoms with Crippen molar-refractivity contribution >= 4 is 22.7 Å². The Balaban J connectivity index is 1.36. The summed E-state index contributed by atoms with van der Waals surface area (Å²) in [4.78, 5) is 29.6. The zero-order chi connectivity index (χ0) is 27.4. The van der Waals surface area contributed by atoms with Crippen molar-refractivity contribution < 1.29 is 28.2 Å². The minimum Gasteiger partial charge on any atom is -0.490 e. The number of aromatic amines is 1.